The number of carbonyl (C=O) groups excluding carboxylic acids is 1. The summed E-state index contributed by atoms with van der Waals surface area (Å²) < 4.78 is 0. The standard InChI is InChI=1S/C12H23NO/c1-5-10(2)8-11(14)13-7-6-12(3,4)9-13/h10H,5-9H2,1-4H3. The number of hydrogen-bond acceptors (Lipinski definition) is 1. The molecular formula is C12H23NO. The zero-order valence-electron chi connectivity index (χ0n) is 9.97. The van der Waals surface area contributed by atoms with Crippen LogP contribution >= 0.6 is 0 Å². The Morgan fingerprint density at radius 1 is 1.50 bits per heavy atom. The Hall–Kier alpha value is -0.530. The molecule has 14 heavy (non-hydrogen) atoms. The molecule has 1 aliphatic heterocycles. The van der Waals surface area contributed by atoms with Gasteiger partial charge in [-0.25, -0.2) is 0 Å². The van der Waals surface area contributed by atoms with Gasteiger partial charge in [-0.2, -0.15) is 0 Å². The van der Waals surface area contributed by atoms with E-state index in [1.165, 1.54) is 0 Å². The van der Waals surface area contributed by atoms with Gasteiger partial charge in [0.15, 0.2) is 0 Å². The molecule has 0 radical (unpaired) electrons. The van der Waals surface area contributed by atoms with E-state index in [9.17, 15) is 4.79 Å². The molecule has 0 aromatic carbocycles. The molecule has 0 spiro atoms. The van der Waals surface area contributed by atoms with Gasteiger partial charge >= 0.3 is 0 Å². The zero-order chi connectivity index (χ0) is 10.8. The molecule has 1 saturated heterocycles. The lowest BCUT2D eigenvalue weighted by Gasteiger charge is -2.21. The minimum absolute atomic E-state index is 0.338. The maximum atomic E-state index is 11.8. The molecule has 0 aliphatic carbocycles. The fourth-order valence-corrected chi connectivity index (χ4v) is 1.90. The van der Waals surface area contributed by atoms with Crippen LogP contribution in [-0.4, -0.2) is 23.9 Å². The number of rotatable bonds is 3. The summed E-state index contributed by atoms with van der Waals surface area (Å²) in [4.78, 5) is 13.9. The first-order valence-electron chi connectivity index (χ1n) is 5.72. The van der Waals surface area contributed by atoms with Gasteiger partial charge in [0.2, 0.25) is 5.91 Å². The van der Waals surface area contributed by atoms with Crippen molar-refractivity contribution in [3.63, 3.8) is 0 Å². The molecular weight excluding hydrogens is 174 g/mol. The predicted molar refractivity (Wildman–Crippen MR) is 59.1 cm³/mol. The van der Waals surface area contributed by atoms with Gasteiger partial charge in [-0.05, 0) is 17.8 Å². The van der Waals surface area contributed by atoms with Crippen molar-refractivity contribution in [3.8, 4) is 0 Å². The zero-order valence-corrected chi connectivity index (χ0v) is 9.97. The van der Waals surface area contributed by atoms with Crippen LogP contribution in [-0.2, 0) is 4.79 Å². The van der Waals surface area contributed by atoms with Crippen LogP contribution in [0.25, 0.3) is 0 Å². The van der Waals surface area contributed by atoms with Gasteiger partial charge in [-0.1, -0.05) is 34.1 Å². The molecule has 0 aromatic heterocycles. The van der Waals surface area contributed by atoms with Crippen molar-refractivity contribution in [1.29, 1.82) is 0 Å². The highest BCUT2D eigenvalue weighted by Crippen LogP contribution is 2.29. The van der Waals surface area contributed by atoms with Gasteiger partial charge in [0.25, 0.3) is 0 Å². The quantitative estimate of drug-likeness (QED) is 0.681. The Morgan fingerprint density at radius 2 is 2.14 bits per heavy atom. The summed E-state index contributed by atoms with van der Waals surface area (Å²) in [7, 11) is 0. The lowest BCUT2D eigenvalue weighted by molar-refractivity contribution is -0.131. The van der Waals surface area contributed by atoms with Crippen LogP contribution in [0.2, 0.25) is 0 Å². The van der Waals surface area contributed by atoms with E-state index in [0.29, 0.717) is 17.2 Å². The van der Waals surface area contributed by atoms with Crippen molar-refractivity contribution in [1.82, 2.24) is 4.90 Å². The number of hydrogen-bond donors (Lipinski definition) is 0. The smallest absolute Gasteiger partial charge is 0.222 e. The lowest BCUT2D eigenvalue weighted by atomic mass is 9.93. The molecule has 1 rings (SSSR count). The van der Waals surface area contributed by atoms with Crippen LogP contribution in [0, 0.1) is 11.3 Å². The van der Waals surface area contributed by atoms with Crippen LogP contribution in [0.4, 0.5) is 0 Å². The van der Waals surface area contributed by atoms with E-state index in [1.807, 2.05) is 4.90 Å². The molecule has 0 saturated carbocycles. The first kappa shape index (κ1) is 11.5. The Morgan fingerprint density at radius 3 is 2.57 bits per heavy atom. The second-order valence-corrected chi connectivity index (χ2v) is 5.45. The number of nitrogens with zero attached hydrogens (tertiary/aromatic N) is 1. The van der Waals surface area contributed by atoms with Gasteiger partial charge in [-0.3, -0.25) is 4.79 Å². The molecule has 1 amide bonds. The Labute approximate surface area is 87.7 Å². The summed E-state index contributed by atoms with van der Waals surface area (Å²) in [6, 6.07) is 0. The van der Waals surface area contributed by atoms with E-state index in [4.69, 9.17) is 0 Å². The molecule has 0 bridgehead atoms. The van der Waals surface area contributed by atoms with Crippen molar-refractivity contribution in [2.75, 3.05) is 13.1 Å². The maximum absolute atomic E-state index is 11.8. The third-order valence-electron chi connectivity index (χ3n) is 3.25. The predicted octanol–water partition coefficient (Wildman–Crippen LogP) is 2.68. The fraction of sp³-hybridized carbons (Fsp3) is 0.917. The average Bonchev–Trinajstić information content (AvgIpc) is 2.46. The fourth-order valence-electron chi connectivity index (χ4n) is 1.90. The highest BCUT2D eigenvalue weighted by atomic mass is 16.2. The highest BCUT2D eigenvalue weighted by Gasteiger charge is 2.31. The minimum Gasteiger partial charge on any atom is -0.342 e. The van der Waals surface area contributed by atoms with Crippen molar-refractivity contribution >= 4 is 5.91 Å². The van der Waals surface area contributed by atoms with Gasteiger partial charge in [-0.15, -0.1) is 0 Å². The summed E-state index contributed by atoms with van der Waals surface area (Å²) in [6.45, 7) is 10.7. The van der Waals surface area contributed by atoms with Crippen molar-refractivity contribution in [3.05, 3.63) is 0 Å². The number of carbonyl (C=O) groups is 1. The summed E-state index contributed by atoms with van der Waals surface area (Å²) in [5, 5.41) is 0. The molecule has 1 fully saturated rings. The number of amides is 1. The first-order chi connectivity index (χ1) is 6.44. The largest absolute Gasteiger partial charge is 0.342 e. The molecule has 0 N–H and O–H groups in total. The average molecular weight is 197 g/mol. The van der Waals surface area contributed by atoms with Crippen LogP contribution < -0.4 is 0 Å². The molecule has 1 unspecified atom stereocenters. The summed E-state index contributed by atoms with van der Waals surface area (Å²) in [6.07, 6.45) is 2.98. The van der Waals surface area contributed by atoms with Crippen molar-refractivity contribution in [2.24, 2.45) is 11.3 Å². The molecule has 2 heteroatoms. The first-order valence-corrected chi connectivity index (χ1v) is 5.72. The van der Waals surface area contributed by atoms with Crippen LogP contribution in [0.1, 0.15) is 47.0 Å². The van der Waals surface area contributed by atoms with Gasteiger partial charge in [0.1, 0.15) is 0 Å². The van der Waals surface area contributed by atoms with E-state index in [1.54, 1.807) is 0 Å². The molecule has 1 atom stereocenters. The van der Waals surface area contributed by atoms with E-state index < -0.39 is 0 Å². The number of likely N-dealkylation sites (tertiary alicyclic amines) is 1. The lowest BCUT2D eigenvalue weighted by Crippen LogP contribution is -2.31. The van der Waals surface area contributed by atoms with Crippen LogP contribution in [0.3, 0.4) is 0 Å². The molecule has 2 nitrogen and oxygen atoms in total. The maximum Gasteiger partial charge on any atom is 0.222 e. The monoisotopic (exact) mass is 197 g/mol. The van der Waals surface area contributed by atoms with Crippen molar-refractivity contribution in [2.45, 2.75) is 47.0 Å². The van der Waals surface area contributed by atoms with E-state index in [-0.39, 0.29) is 0 Å². The van der Waals surface area contributed by atoms with Crippen LogP contribution in [0.5, 0.6) is 0 Å². The normalized spacial score (nSPS) is 22.4. The Balaban J connectivity index is 2.40. The van der Waals surface area contributed by atoms with Crippen LogP contribution in [0.15, 0.2) is 0 Å². The molecule has 1 heterocycles. The summed E-state index contributed by atoms with van der Waals surface area (Å²) in [5.74, 6) is 0.885. The highest BCUT2D eigenvalue weighted by molar-refractivity contribution is 5.76. The second-order valence-electron chi connectivity index (χ2n) is 5.45. The molecule has 0 aromatic rings. The topological polar surface area (TPSA) is 20.3 Å². The Bertz CT molecular complexity index is 210. The third-order valence-corrected chi connectivity index (χ3v) is 3.25. The van der Waals surface area contributed by atoms with Crippen molar-refractivity contribution < 1.29 is 4.79 Å². The molecule has 1 aliphatic rings. The van der Waals surface area contributed by atoms with Gasteiger partial charge < -0.3 is 4.90 Å². The minimum atomic E-state index is 0.338. The second kappa shape index (κ2) is 4.33. The molecule has 82 valence electrons. The van der Waals surface area contributed by atoms with E-state index in [2.05, 4.69) is 27.7 Å². The van der Waals surface area contributed by atoms with E-state index >= 15 is 0 Å². The summed E-state index contributed by atoms with van der Waals surface area (Å²) >= 11 is 0. The summed E-state index contributed by atoms with van der Waals surface area (Å²) in [5.41, 5.74) is 0.338. The van der Waals surface area contributed by atoms with Gasteiger partial charge in [0, 0.05) is 19.5 Å². The van der Waals surface area contributed by atoms with Gasteiger partial charge in [0.05, 0.1) is 0 Å². The SMILES string of the molecule is CCC(C)CC(=O)N1CCC(C)(C)C1. The third kappa shape index (κ3) is 3.00. The Kier molecular flexibility index (Phi) is 3.57. The van der Waals surface area contributed by atoms with E-state index in [0.717, 1.165) is 32.4 Å².